The van der Waals surface area contributed by atoms with Crippen molar-refractivity contribution in [2.75, 3.05) is 26.4 Å². The van der Waals surface area contributed by atoms with E-state index >= 15 is 0 Å². The highest BCUT2D eigenvalue weighted by molar-refractivity contribution is 6.46. The number of carbonyl (C=O) groups excluding carboxylic acids is 2. The molecule has 2 aliphatic rings. The number of amides is 1. The number of carbonyl (C=O) groups is 2. The number of aliphatic hydroxyl groups excluding tert-OH is 1. The average molecular weight is 514 g/mol. The van der Waals surface area contributed by atoms with E-state index in [2.05, 4.69) is 6.92 Å². The fourth-order valence-electron chi connectivity index (χ4n) is 4.81. The summed E-state index contributed by atoms with van der Waals surface area (Å²) in [6, 6.07) is 21.5. The Kier molecular flexibility index (Phi) is 7.63. The maximum absolute atomic E-state index is 13.4. The van der Waals surface area contributed by atoms with Crippen molar-refractivity contribution >= 4 is 17.4 Å². The summed E-state index contributed by atoms with van der Waals surface area (Å²) in [7, 11) is 0. The molecular formula is C31H31NO6. The van der Waals surface area contributed by atoms with Crippen LogP contribution in [0.15, 0.2) is 78.4 Å². The van der Waals surface area contributed by atoms with Gasteiger partial charge in [0.25, 0.3) is 11.7 Å². The molecule has 3 aromatic carbocycles. The van der Waals surface area contributed by atoms with Crippen LogP contribution in [0.3, 0.4) is 0 Å². The van der Waals surface area contributed by atoms with Crippen molar-refractivity contribution in [2.45, 2.75) is 32.2 Å². The molecule has 5 rings (SSSR count). The lowest BCUT2D eigenvalue weighted by Crippen LogP contribution is -2.31. The molecule has 0 aromatic heterocycles. The first-order valence-corrected chi connectivity index (χ1v) is 13.0. The number of likely N-dealkylation sites (tertiary alicyclic amines) is 1. The summed E-state index contributed by atoms with van der Waals surface area (Å²) in [6.45, 7) is 3.83. The van der Waals surface area contributed by atoms with Gasteiger partial charge in [0.05, 0.1) is 18.2 Å². The van der Waals surface area contributed by atoms with Crippen molar-refractivity contribution < 1.29 is 28.9 Å². The Labute approximate surface area is 222 Å². The lowest BCUT2D eigenvalue weighted by atomic mass is 9.95. The Hall–Kier alpha value is -4.26. The number of unbranched alkanes of at least 4 members (excludes halogenated alkanes) is 1. The van der Waals surface area contributed by atoms with E-state index in [-0.39, 0.29) is 11.3 Å². The van der Waals surface area contributed by atoms with E-state index in [9.17, 15) is 14.7 Å². The number of aliphatic hydroxyl groups is 1. The van der Waals surface area contributed by atoms with E-state index in [4.69, 9.17) is 14.2 Å². The van der Waals surface area contributed by atoms with E-state index in [0.29, 0.717) is 61.2 Å². The molecule has 7 nitrogen and oxygen atoms in total. The van der Waals surface area contributed by atoms with Gasteiger partial charge >= 0.3 is 0 Å². The molecule has 2 aliphatic heterocycles. The summed E-state index contributed by atoms with van der Waals surface area (Å²) in [5.41, 5.74) is 2.18. The summed E-state index contributed by atoms with van der Waals surface area (Å²) >= 11 is 0. The van der Waals surface area contributed by atoms with Crippen molar-refractivity contribution in [3.8, 4) is 17.2 Å². The normalized spacial score (nSPS) is 18.0. The molecule has 0 spiro atoms. The van der Waals surface area contributed by atoms with Crippen LogP contribution in [0.2, 0.25) is 0 Å². The zero-order valence-corrected chi connectivity index (χ0v) is 21.4. The molecule has 1 unspecified atom stereocenters. The van der Waals surface area contributed by atoms with Crippen LogP contribution in [0.1, 0.15) is 42.5 Å². The number of Topliss-reactive ketones (excluding diaryl/α,β-unsaturated/α-hetero) is 1. The zero-order chi connectivity index (χ0) is 26.5. The highest BCUT2D eigenvalue weighted by Crippen LogP contribution is 2.41. The Morgan fingerprint density at radius 3 is 2.55 bits per heavy atom. The van der Waals surface area contributed by atoms with Crippen LogP contribution in [-0.2, 0) is 16.0 Å². The number of ether oxygens (including phenoxy) is 3. The second-order valence-electron chi connectivity index (χ2n) is 9.36. The molecule has 0 aliphatic carbocycles. The minimum Gasteiger partial charge on any atom is -0.507 e. The van der Waals surface area contributed by atoms with Crippen molar-refractivity contribution in [3.05, 3.63) is 95.1 Å². The van der Waals surface area contributed by atoms with Crippen molar-refractivity contribution in [3.63, 3.8) is 0 Å². The van der Waals surface area contributed by atoms with Crippen LogP contribution in [-0.4, -0.2) is 48.1 Å². The molecule has 38 heavy (non-hydrogen) atoms. The highest BCUT2D eigenvalue weighted by atomic mass is 16.6. The summed E-state index contributed by atoms with van der Waals surface area (Å²) in [6.07, 6.45) is 2.50. The van der Waals surface area contributed by atoms with Crippen molar-refractivity contribution in [1.29, 1.82) is 0 Å². The lowest BCUT2D eigenvalue weighted by Gasteiger charge is -2.26. The zero-order valence-electron chi connectivity index (χ0n) is 21.4. The molecule has 3 aromatic rings. The second kappa shape index (κ2) is 11.4. The number of fused-ring (bicyclic) bond motifs is 1. The van der Waals surface area contributed by atoms with Gasteiger partial charge in [-0.3, -0.25) is 9.59 Å². The third-order valence-electron chi connectivity index (χ3n) is 6.78. The third-order valence-corrected chi connectivity index (χ3v) is 6.78. The van der Waals surface area contributed by atoms with Gasteiger partial charge in [-0.1, -0.05) is 55.8 Å². The molecule has 1 fully saturated rings. The first-order chi connectivity index (χ1) is 18.6. The maximum atomic E-state index is 13.4. The van der Waals surface area contributed by atoms with Crippen LogP contribution >= 0.6 is 0 Å². The van der Waals surface area contributed by atoms with Gasteiger partial charge in [0, 0.05) is 12.1 Å². The van der Waals surface area contributed by atoms with Crippen LogP contribution < -0.4 is 14.2 Å². The molecule has 0 radical (unpaired) electrons. The summed E-state index contributed by atoms with van der Waals surface area (Å²) < 4.78 is 17.2. The standard InChI is InChI=1S/C31H31NO6/c1-2-3-16-36-24-11-7-10-22(19-24)28-27(29(33)23-12-13-25-26(20-23)38-18-17-37-25)30(34)31(35)32(28)15-14-21-8-5-4-6-9-21/h4-13,19-20,28,33H,2-3,14-18H2,1H3. The number of ketones is 1. The molecule has 1 atom stereocenters. The maximum Gasteiger partial charge on any atom is 0.295 e. The van der Waals surface area contributed by atoms with Gasteiger partial charge in [-0.25, -0.2) is 0 Å². The van der Waals surface area contributed by atoms with Crippen molar-refractivity contribution in [1.82, 2.24) is 4.90 Å². The predicted molar refractivity (Wildman–Crippen MR) is 143 cm³/mol. The third kappa shape index (κ3) is 5.23. The van der Waals surface area contributed by atoms with E-state index in [1.807, 2.05) is 54.6 Å². The Morgan fingerprint density at radius 1 is 0.974 bits per heavy atom. The molecule has 2 heterocycles. The monoisotopic (exact) mass is 513 g/mol. The van der Waals surface area contributed by atoms with Gasteiger partial charge in [-0.2, -0.15) is 0 Å². The average Bonchev–Trinajstić information content (AvgIpc) is 3.21. The van der Waals surface area contributed by atoms with Gasteiger partial charge in [0.1, 0.15) is 24.7 Å². The largest absolute Gasteiger partial charge is 0.507 e. The fraction of sp³-hybridized carbons (Fsp3) is 0.290. The first kappa shape index (κ1) is 25.4. The summed E-state index contributed by atoms with van der Waals surface area (Å²) in [5.74, 6) is 0.120. The van der Waals surface area contributed by atoms with E-state index in [1.54, 1.807) is 23.1 Å². The number of nitrogens with zero attached hydrogens (tertiary/aromatic N) is 1. The Balaban J connectivity index is 1.55. The lowest BCUT2D eigenvalue weighted by molar-refractivity contribution is -0.139. The minimum absolute atomic E-state index is 0.0467. The number of hydrogen-bond donors (Lipinski definition) is 1. The number of benzene rings is 3. The Bertz CT molecular complexity index is 1350. The fourth-order valence-corrected chi connectivity index (χ4v) is 4.81. The van der Waals surface area contributed by atoms with Gasteiger partial charge in [-0.15, -0.1) is 0 Å². The van der Waals surface area contributed by atoms with Crippen LogP contribution in [0.25, 0.3) is 5.76 Å². The topological polar surface area (TPSA) is 85.3 Å². The molecule has 0 bridgehead atoms. The highest BCUT2D eigenvalue weighted by Gasteiger charge is 2.46. The summed E-state index contributed by atoms with van der Waals surface area (Å²) in [5, 5.41) is 11.4. The van der Waals surface area contributed by atoms with Gasteiger partial charge in [0.15, 0.2) is 11.5 Å². The molecule has 1 saturated heterocycles. The SMILES string of the molecule is CCCCOc1cccc(C2C(=C(O)c3ccc4c(c3)OCCO4)C(=O)C(=O)N2CCc2ccccc2)c1. The van der Waals surface area contributed by atoms with Gasteiger partial charge < -0.3 is 24.2 Å². The smallest absolute Gasteiger partial charge is 0.295 e. The molecule has 1 N–H and O–H groups in total. The van der Waals surface area contributed by atoms with Gasteiger partial charge in [-0.05, 0) is 54.3 Å². The van der Waals surface area contributed by atoms with Crippen LogP contribution in [0.4, 0.5) is 0 Å². The number of hydrogen-bond acceptors (Lipinski definition) is 6. The molecule has 196 valence electrons. The van der Waals surface area contributed by atoms with E-state index in [0.717, 1.165) is 18.4 Å². The quantitative estimate of drug-likeness (QED) is 0.181. The second-order valence-corrected chi connectivity index (χ2v) is 9.36. The predicted octanol–water partition coefficient (Wildman–Crippen LogP) is 5.30. The number of rotatable bonds is 9. The molecule has 0 saturated carbocycles. The Morgan fingerprint density at radius 2 is 1.76 bits per heavy atom. The molecular weight excluding hydrogens is 482 g/mol. The van der Waals surface area contributed by atoms with E-state index < -0.39 is 17.7 Å². The van der Waals surface area contributed by atoms with Crippen LogP contribution in [0.5, 0.6) is 17.2 Å². The summed E-state index contributed by atoms with van der Waals surface area (Å²) in [4.78, 5) is 28.3. The van der Waals surface area contributed by atoms with Crippen LogP contribution in [0, 0.1) is 0 Å². The van der Waals surface area contributed by atoms with E-state index in [1.165, 1.54) is 0 Å². The first-order valence-electron chi connectivity index (χ1n) is 13.0. The van der Waals surface area contributed by atoms with Gasteiger partial charge in [0.2, 0.25) is 0 Å². The minimum atomic E-state index is -0.762. The van der Waals surface area contributed by atoms with Crippen molar-refractivity contribution in [2.24, 2.45) is 0 Å². The molecule has 7 heteroatoms. The molecule has 1 amide bonds.